The lowest BCUT2D eigenvalue weighted by atomic mass is 10.2. The van der Waals surface area contributed by atoms with Gasteiger partial charge in [-0.3, -0.25) is 4.79 Å². The first-order valence-corrected chi connectivity index (χ1v) is 7.43. The molecular formula is C18H14ClN3O. The number of pyridine rings is 1. The summed E-state index contributed by atoms with van der Waals surface area (Å²) in [6.07, 6.45) is 1.62. The zero-order valence-corrected chi connectivity index (χ0v) is 12.9. The number of carbonyl (C=O) groups excluding carboxylic acids is 1. The van der Waals surface area contributed by atoms with Gasteiger partial charge in [0.25, 0.3) is 5.91 Å². The monoisotopic (exact) mass is 323 g/mol. The molecular weight excluding hydrogens is 310 g/mol. The van der Waals surface area contributed by atoms with Crippen LogP contribution in [0.1, 0.15) is 10.5 Å². The number of nitrogens with zero attached hydrogens (tertiary/aromatic N) is 1. The second kappa shape index (κ2) is 6.94. The molecule has 114 valence electrons. The highest BCUT2D eigenvalue weighted by Crippen LogP contribution is 2.18. The van der Waals surface area contributed by atoms with Crippen molar-refractivity contribution in [3.05, 3.63) is 83.6 Å². The van der Waals surface area contributed by atoms with Gasteiger partial charge in [-0.25, -0.2) is 4.98 Å². The largest absolute Gasteiger partial charge is 0.354 e. The van der Waals surface area contributed by atoms with E-state index in [2.05, 4.69) is 15.6 Å². The van der Waals surface area contributed by atoms with E-state index < -0.39 is 0 Å². The van der Waals surface area contributed by atoms with Gasteiger partial charge >= 0.3 is 0 Å². The quantitative estimate of drug-likeness (QED) is 0.729. The maximum atomic E-state index is 12.1. The van der Waals surface area contributed by atoms with E-state index in [0.717, 1.165) is 17.1 Å². The molecule has 0 aliphatic rings. The summed E-state index contributed by atoms with van der Waals surface area (Å²) in [6, 6.07) is 20.1. The molecule has 0 spiro atoms. The number of nitrogens with one attached hydrogen (secondary N) is 2. The third-order valence-corrected chi connectivity index (χ3v) is 3.41. The van der Waals surface area contributed by atoms with Gasteiger partial charge in [-0.15, -0.1) is 0 Å². The highest BCUT2D eigenvalue weighted by atomic mass is 35.5. The average molecular weight is 324 g/mol. The molecule has 0 bridgehead atoms. The van der Waals surface area contributed by atoms with E-state index in [4.69, 9.17) is 11.6 Å². The minimum Gasteiger partial charge on any atom is -0.354 e. The molecule has 3 rings (SSSR count). The zero-order chi connectivity index (χ0) is 16.1. The normalized spacial score (nSPS) is 10.1. The lowest BCUT2D eigenvalue weighted by Gasteiger charge is -2.08. The van der Waals surface area contributed by atoms with Gasteiger partial charge in [-0.1, -0.05) is 29.8 Å². The van der Waals surface area contributed by atoms with E-state index in [-0.39, 0.29) is 5.91 Å². The van der Waals surface area contributed by atoms with Crippen molar-refractivity contribution in [3.63, 3.8) is 0 Å². The van der Waals surface area contributed by atoms with Crippen LogP contribution in [-0.2, 0) is 0 Å². The number of hydrogen-bond donors (Lipinski definition) is 2. The molecule has 0 aliphatic heterocycles. The van der Waals surface area contributed by atoms with E-state index in [0.29, 0.717) is 10.7 Å². The van der Waals surface area contributed by atoms with Crippen LogP contribution in [-0.4, -0.2) is 10.9 Å². The fraction of sp³-hybridized carbons (Fsp3) is 0. The second-order valence-electron chi connectivity index (χ2n) is 4.88. The second-order valence-corrected chi connectivity index (χ2v) is 5.32. The Morgan fingerprint density at radius 3 is 2.17 bits per heavy atom. The molecule has 0 fully saturated rings. The van der Waals surface area contributed by atoms with Crippen molar-refractivity contribution in [2.24, 2.45) is 0 Å². The van der Waals surface area contributed by atoms with Crippen LogP contribution >= 0.6 is 11.6 Å². The molecule has 4 nitrogen and oxygen atoms in total. The molecule has 0 aliphatic carbocycles. The van der Waals surface area contributed by atoms with Crippen LogP contribution in [0, 0.1) is 0 Å². The van der Waals surface area contributed by atoms with Crippen LogP contribution in [0.2, 0.25) is 5.02 Å². The van der Waals surface area contributed by atoms with Crippen molar-refractivity contribution < 1.29 is 4.79 Å². The third-order valence-electron chi connectivity index (χ3n) is 3.16. The van der Waals surface area contributed by atoms with Crippen LogP contribution in [0.4, 0.5) is 17.1 Å². The van der Waals surface area contributed by atoms with Gasteiger partial charge in [-0.05, 0) is 48.5 Å². The molecule has 1 aromatic heterocycles. The Hall–Kier alpha value is -2.85. The van der Waals surface area contributed by atoms with Crippen LogP contribution < -0.4 is 10.6 Å². The first kappa shape index (κ1) is 15.1. The van der Waals surface area contributed by atoms with Gasteiger partial charge in [0.15, 0.2) is 0 Å². The number of benzene rings is 2. The Kier molecular flexibility index (Phi) is 4.54. The van der Waals surface area contributed by atoms with Crippen molar-refractivity contribution in [1.29, 1.82) is 0 Å². The summed E-state index contributed by atoms with van der Waals surface area (Å²) < 4.78 is 0. The number of rotatable bonds is 4. The first-order chi connectivity index (χ1) is 11.2. The summed E-state index contributed by atoms with van der Waals surface area (Å²) in [5.41, 5.74) is 2.79. The van der Waals surface area contributed by atoms with E-state index in [1.807, 2.05) is 48.5 Å². The average Bonchev–Trinajstić information content (AvgIpc) is 2.58. The summed E-state index contributed by atoms with van der Waals surface area (Å²) in [5, 5.41) is 6.67. The van der Waals surface area contributed by atoms with Gasteiger partial charge in [0.1, 0.15) is 5.69 Å². The Bertz CT molecular complexity index is 787. The van der Waals surface area contributed by atoms with Gasteiger partial charge in [-0.2, -0.15) is 0 Å². The summed E-state index contributed by atoms with van der Waals surface area (Å²) in [5.74, 6) is -0.241. The molecule has 1 heterocycles. The predicted octanol–water partition coefficient (Wildman–Crippen LogP) is 4.73. The summed E-state index contributed by atoms with van der Waals surface area (Å²) >= 11 is 5.85. The molecule has 2 N–H and O–H groups in total. The summed E-state index contributed by atoms with van der Waals surface area (Å²) in [6.45, 7) is 0. The number of hydrogen-bond acceptors (Lipinski definition) is 3. The SMILES string of the molecule is O=C(Nc1ccccc1)c1ccc(Nc2ccc(Cl)cc2)cn1. The molecule has 0 radical (unpaired) electrons. The predicted molar refractivity (Wildman–Crippen MR) is 93.4 cm³/mol. The van der Waals surface area contributed by atoms with Crippen molar-refractivity contribution in [1.82, 2.24) is 4.98 Å². The van der Waals surface area contributed by atoms with Gasteiger partial charge in [0.05, 0.1) is 11.9 Å². The van der Waals surface area contributed by atoms with E-state index in [9.17, 15) is 4.79 Å². The zero-order valence-electron chi connectivity index (χ0n) is 12.2. The smallest absolute Gasteiger partial charge is 0.274 e. The first-order valence-electron chi connectivity index (χ1n) is 7.06. The molecule has 0 saturated carbocycles. The number of halogens is 1. The Morgan fingerprint density at radius 2 is 1.52 bits per heavy atom. The van der Waals surface area contributed by atoms with E-state index in [1.54, 1.807) is 24.4 Å². The standard InChI is InChI=1S/C18H14ClN3O/c19-13-6-8-15(9-7-13)21-16-10-11-17(20-12-16)18(23)22-14-4-2-1-3-5-14/h1-12,21H,(H,22,23). The maximum absolute atomic E-state index is 12.1. The topological polar surface area (TPSA) is 54.0 Å². The summed E-state index contributed by atoms with van der Waals surface area (Å²) in [7, 11) is 0. The molecule has 23 heavy (non-hydrogen) atoms. The lowest BCUT2D eigenvalue weighted by Crippen LogP contribution is -2.13. The minimum absolute atomic E-state index is 0.241. The van der Waals surface area contributed by atoms with Crippen molar-refractivity contribution in [2.45, 2.75) is 0 Å². The Labute approximate surface area is 139 Å². The molecule has 0 atom stereocenters. The van der Waals surface area contributed by atoms with Gasteiger partial charge in [0, 0.05) is 16.4 Å². The van der Waals surface area contributed by atoms with Crippen molar-refractivity contribution in [3.8, 4) is 0 Å². The van der Waals surface area contributed by atoms with E-state index in [1.165, 1.54) is 0 Å². The molecule has 1 amide bonds. The lowest BCUT2D eigenvalue weighted by molar-refractivity contribution is 0.102. The number of anilines is 3. The Balaban J connectivity index is 1.66. The highest BCUT2D eigenvalue weighted by Gasteiger charge is 2.07. The van der Waals surface area contributed by atoms with Gasteiger partial charge < -0.3 is 10.6 Å². The number of aromatic nitrogens is 1. The molecule has 0 unspecified atom stereocenters. The van der Waals surface area contributed by atoms with Crippen molar-refractivity contribution in [2.75, 3.05) is 10.6 Å². The van der Waals surface area contributed by atoms with Crippen LogP contribution in [0.25, 0.3) is 0 Å². The van der Waals surface area contributed by atoms with Gasteiger partial charge in [0.2, 0.25) is 0 Å². The van der Waals surface area contributed by atoms with E-state index >= 15 is 0 Å². The summed E-state index contributed by atoms with van der Waals surface area (Å²) in [4.78, 5) is 16.3. The van der Waals surface area contributed by atoms with Crippen molar-refractivity contribution >= 4 is 34.6 Å². The molecule has 2 aromatic carbocycles. The van der Waals surface area contributed by atoms with Crippen LogP contribution in [0.5, 0.6) is 0 Å². The third kappa shape index (κ3) is 4.08. The Morgan fingerprint density at radius 1 is 0.826 bits per heavy atom. The molecule has 3 aromatic rings. The number of carbonyl (C=O) groups is 1. The fourth-order valence-corrected chi connectivity index (χ4v) is 2.14. The highest BCUT2D eigenvalue weighted by molar-refractivity contribution is 6.30. The maximum Gasteiger partial charge on any atom is 0.274 e. The van der Waals surface area contributed by atoms with Crippen LogP contribution in [0.3, 0.4) is 0 Å². The number of amides is 1. The molecule has 5 heteroatoms. The van der Waals surface area contributed by atoms with Crippen LogP contribution in [0.15, 0.2) is 72.9 Å². The number of para-hydroxylation sites is 1. The fourth-order valence-electron chi connectivity index (χ4n) is 2.02. The molecule has 0 saturated heterocycles. The minimum atomic E-state index is -0.241.